The Kier molecular flexibility index (Phi) is 10.2. The first kappa shape index (κ1) is 21.9. The average Bonchev–Trinajstić information content (AvgIpc) is 3.33. The minimum Gasteiger partial charge on any atom is -0.381 e. The van der Waals surface area contributed by atoms with Crippen LogP contribution in [0.1, 0.15) is 32.6 Å². The summed E-state index contributed by atoms with van der Waals surface area (Å²) in [5, 5.41) is 3.46. The van der Waals surface area contributed by atoms with Crippen LogP contribution in [0.5, 0.6) is 0 Å². The normalized spacial score (nSPS) is 24.9. The highest BCUT2D eigenvalue weighted by Gasteiger charge is 2.29. The quantitative estimate of drug-likeness (QED) is 0.200. The van der Waals surface area contributed by atoms with Crippen molar-refractivity contribution in [2.45, 2.75) is 44.8 Å². The number of nitrogens with zero attached hydrogens (tertiary/aromatic N) is 3. The zero-order valence-electron chi connectivity index (χ0n) is 16.1. The Morgan fingerprint density at radius 1 is 1.23 bits per heavy atom. The zero-order valence-corrected chi connectivity index (χ0v) is 18.4. The van der Waals surface area contributed by atoms with Gasteiger partial charge in [0.1, 0.15) is 0 Å². The molecule has 0 saturated carbocycles. The summed E-state index contributed by atoms with van der Waals surface area (Å²) in [6.45, 7) is 10.8. The van der Waals surface area contributed by atoms with Crippen LogP contribution in [0.15, 0.2) is 17.1 Å². The standard InChI is InChI=1S/C19H34N4O2.HI/c1-2-20-19(21-9-5-13-25-18-7-14-24-15-8-18)23-12-6-17(16-23)22-10-3-4-11-22;/h3-4,17-18H,2,5-16H2,1H3,(H,20,21);1H. The monoisotopic (exact) mass is 478 g/mol. The molecule has 0 spiro atoms. The summed E-state index contributed by atoms with van der Waals surface area (Å²) >= 11 is 0. The average molecular weight is 478 g/mol. The Labute approximate surface area is 175 Å². The molecule has 7 heteroatoms. The molecule has 1 atom stereocenters. The lowest BCUT2D eigenvalue weighted by molar-refractivity contribution is -0.0318. The molecule has 1 unspecified atom stereocenters. The second-order valence-corrected chi connectivity index (χ2v) is 7.09. The number of halogens is 1. The van der Waals surface area contributed by atoms with Crippen molar-refractivity contribution >= 4 is 29.9 Å². The third-order valence-electron chi connectivity index (χ3n) is 5.25. The van der Waals surface area contributed by atoms with Gasteiger partial charge in [0.15, 0.2) is 5.96 Å². The van der Waals surface area contributed by atoms with Gasteiger partial charge in [-0.15, -0.1) is 24.0 Å². The molecule has 2 fully saturated rings. The molecule has 0 aliphatic carbocycles. The van der Waals surface area contributed by atoms with E-state index < -0.39 is 0 Å². The summed E-state index contributed by atoms with van der Waals surface area (Å²) < 4.78 is 11.3. The molecule has 2 saturated heterocycles. The Balaban J connectivity index is 0.00000243. The summed E-state index contributed by atoms with van der Waals surface area (Å²) in [6.07, 6.45) is 9.23. The zero-order chi connectivity index (χ0) is 17.3. The molecule has 0 aromatic rings. The summed E-state index contributed by atoms with van der Waals surface area (Å²) in [6, 6.07) is 0.663. The predicted molar refractivity (Wildman–Crippen MR) is 116 cm³/mol. The van der Waals surface area contributed by atoms with E-state index in [0.29, 0.717) is 12.1 Å². The third kappa shape index (κ3) is 6.65. The van der Waals surface area contributed by atoms with Crippen molar-refractivity contribution in [2.24, 2.45) is 4.99 Å². The molecule has 0 radical (unpaired) electrons. The number of likely N-dealkylation sites (tertiary alicyclic amines) is 1. The molecule has 0 bridgehead atoms. The van der Waals surface area contributed by atoms with Crippen LogP contribution in [0.4, 0.5) is 0 Å². The van der Waals surface area contributed by atoms with Crippen molar-refractivity contribution in [2.75, 3.05) is 59.1 Å². The Morgan fingerprint density at radius 2 is 2.00 bits per heavy atom. The first-order valence-corrected chi connectivity index (χ1v) is 9.98. The maximum Gasteiger partial charge on any atom is 0.193 e. The predicted octanol–water partition coefficient (Wildman–Crippen LogP) is 2.10. The number of nitrogens with one attached hydrogen (secondary N) is 1. The largest absolute Gasteiger partial charge is 0.381 e. The van der Waals surface area contributed by atoms with Crippen LogP contribution in [0.2, 0.25) is 0 Å². The first-order valence-electron chi connectivity index (χ1n) is 9.98. The van der Waals surface area contributed by atoms with Crippen molar-refractivity contribution in [3.05, 3.63) is 12.2 Å². The lowest BCUT2D eigenvalue weighted by Gasteiger charge is -2.25. The second-order valence-electron chi connectivity index (χ2n) is 7.09. The Morgan fingerprint density at radius 3 is 2.73 bits per heavy atom. The van der Waals surface area contributed by atoms with Crippen LogP contribution < -0.4 is 5.32 Å². The van der Waals surface area contributed by atoms with E-state index in [2.05, 4.69) is 34.2 Å². The summed E-state index contributed by atoms with van der Waals surface area (Å²) in [7, 11) is 0. The van der Waals surface area contributed by atoms with Gasteiger partial charge < -0.3 is 19.7 Å². The fourth-order valence-electron chi connectivity index (χ4n) is 3.79. The first-order chi connectivity index (χ1) is 12.4. The smallest absolute Gasteiger partial charge is 0.193 e. The molecular formula is C19H35IN4O2. The molecule has 3 aliphatic rings. The number of ether oxygens (including phenoxy) is 2. The topological polar surface area (TPSA) is 49.3 Å². The van der Waals surface area contributed by atoms with E-state index in [1.165, 1.54) is 6.42 Å². The SMILES string of the molecule is CCNC(=NCCCOC1CCOCC1)N1CCC(N2CC=CC2)C1.I. The van der Waals surface area contributed by atoms with E-state index in [-0.39, 0.29) is 24.0 Å². The summed E-state index contributed by atoms with van der Waals surface area (Å²) in [5.74, 6) is 1.07. The van der Waals surface area contributed by atoms with E-state index >= 15 is 0 Å². The van der Waals surface area contributed by atoms with Crippen molar-refractivity contribution in [1.29, 1.82) is 0 Å². The fourth-order valence-corrected chi connectivity index (χ4v) is 3.79. The van der Waals surface area contributed by atoms with Crippen molar-refractivity contribution in [1.82, 2.24) is 15.1 Å². The lowest BCUT2D eigenvalue weighted by Crippen LogP contribution is -2.42. The number of hydrogen-bond donors (Lipinski definition) is 1. The van der Waals surface area contributed by atoms with Crippen LogP contribution in [0.25, 0.3) is 0 Å². The molecule has 1 N–H and O–H groups in total. The minimum absolute atomic E-state index is 0. The van der Waals surface area contributed by atoms with Gasteiger partial charge in [0.2, 0.25) is 0 Å². The van der Waals surface area contributed by atoms with Gasteiger partial charge in [0.05, 0.1) is 6.10 Å². The fraction of sp³-hybridized carbons (Fsp3) is 0.842. The molecule has 26 heavy (non-hydrogen) atoms. The number of aliphatic imine (C=N–C) groups is 1. The van der Waals surface area contributed by atoms with E-state index in [0.717, 1.165) is 84.3 Å². The Bertz CT molecular complexity index is 447. The van der Waals surface area contributed by atoms with Gasteiger partial charge in [-0.05, 0) is 32.6 Å². The highest BCUT2D eigenvalue weighted by Crippen LogP contribution is 2.18. The molecule has 0 aromatic carbocycles. The van der Waals surface area contributed by atoms with Gasteiger partial charge in [-0.1, -0.05) is 12.2 Å². The molecule has 0 amide bonds. The van der Waals surface area contributed by atoms with E-state index in [1.807, 2.05) is 0 Å². The van der Waals surface area contributed by atoms with E-state index in [9.17, 15) is 0 Å². The van der Waals surface area contributed by atoms with Crippen LogP contribution >= 0.6 is 24.0 Å². The molecule has 3 aliphatic heterocycles. The molecular weight excluding hydrogens is 443 g/mol. The van der Waals surface area contributed by atoms with Crippen molar-refractivity contribution < 1.29 is 9.47 Å². The maximum absolute atomic E-state index is 5.94. The van der Waals surface area contributed by atoms with Gasteiger partial charge in [-0.25, -0.2) is 0 Å². The molecule has 3 rings (SSSR count). The van der Waals surface area contributed by atoms with Gasteiger partial charge >= 0.3 is 0 Å². The van der Waals surface area contributed by atoms with Gasteiger partial charge in [-0.2, -0.15) is 0 Å². The van der Waals surface area contributed by atoms with Gasteiger partial charge in [0, 0.05) is 65.1 Å². The molecule has 150 valence electrons. The molecule has 6 nitrogen and oxygen atoms in total. The molecule has 3 heterocycles. The van der Waals surface area contributed by atoms with Crippen LogP contribution in [0, 0.1) is 0 Å². The van der Waals surface area contributed by atoms with Crippen LogP contribution in [0.3, 0.4) is 0 Å². The maximum atomic E-state index is 5.94. The van der Waals surface area contributed by atoms with Crippen molar-refractivity contribution in [3.8, 4) is 0 Å². The highest BCUT2D eigenvalue weighted by atomic mass is 127. The molecule has 0 aromatic heterocycles. The second kappa shape index (κ2) is 12.2. The lowest BCUT2D eigenvalue weighted by atomic mass is 10.1. The summed E-state index contributed by atoms with van der Waals surface area (Å²) in [4.78, 5) is 9.82. The minimum atomic E-state index is 0. The van der Waals surface area contributed by atoms with Crippen molar-refractivity contribution in [3.63, 3.8) is 0 Å². The van der Waals surface area contributed by atoms with Gasteiger partial charge in [0.25, 0.3) is 0 Å². The summed E-state index contributed by atoms with van der Waals surface area (Å²) in [5.41, 5.74) is 0. The number of rotatable bonds is 7. The van der Waals surface area contributed by atoms with E-state index in [1.54, 1.807) is 0 Å². The van der Waals surface area contributed by atoms with Gasteiger partial charge in [-0.3, -0.25) is 9.89 Å². The van der Waals surface area contributed by atoms with Crippen LogP contribution in [-0.4, -0.2) is 87.0 Å². The van der Waals surface area contributed by atoms with E-state index in [4.69, 9.17) is 14.5 Å². The van der Waals surface area contributed by atoms with Crippen LogP contribution in [-0.2, 0) is 9.47 Å². The third-order valence-corrected chi connectivity index (χ3v) is 5.25. The highest BCUT2D eigenvalue weighted by molar-refractivity contribution is 14.0. The Hall–Kier alpha value is -0.380. The number of hydrogen-bond acceptors (Lipinski definition) is 4. The number of guanidine groups is 1.